The molecular formula is C15H21BrF2N2O2. The molecule has 0 saturated carbocycles. The van der Waals surface area contributed by atoms with Crippen LogP contribution in [0.25, 0.3) is 0 Å². The van der Waals surface area contributed by atoms with Gasteiger partial charge in [-0.1, -0.05) is 0 Å². The molecule has 1 aliphatic heterocycles. The van der Waals surface area contributed by atoms with Crippen molar-refractivity contribution >= 4 is 15.9 Å². The molecule has 1 aromatic rings. The SMILES string of the molecule is CCOc1cc([C@@H](CC(F)F)N2CCNCC2)cc(Br)c1O. The largest absolute Gasteiger partial charge is 0.503 e. The fourth-order valence-corrected chi connectivity index (χ4v) is 3.17. The number of benzene rings is 1. The van der Waals surface area contributed by atoms with E-state index in [-0.39, 0.29) is 12.2 Å². The number of nitrogens with zero attached hydrogens (tertiary/aromatic N) is 1. The van der Waals surface area contributed by atoms with E-state index >= 15 is 0 Å². The van der Waals surface area contributed by atoms with Gasteiger partial charge in [0.25, 0.3) is 0 Å². The van der Waals surface area contributed by atoms with E-state index in [0.29, 0.717) is 16.8 Å². The van der Waals surface area contributed by atoms with Crippen molar-refractivity contribution in [1.82, 2.24) is 10.2 Å². The van der Waals surface area contributed by atoms with Crippen LogP contribution in [0.15, 0.2) is 16.6 Å². The van der Waals surface area contributed by atoms with Crippen LogP contribution in [0.1, 0.15) is 24.9 Å². The zero-order valence-electron chi connectivity index (χ0n) is 12.5. The van der Waals surface area contributed by atoms with Crippen molar-refractivity contribution in [3.63, 3.8) is 0 Å². The standard InChI is InChI=1S/C15H21BrF2N2O2/c1-2-22-13-8-10(7-11(16)15(13)21)12(9-14(17)18)20-5-3-19-4-6-20/h7-8,12,14,19,21H,2-6,9H2,1H3/t12-/m1/s1. The molecule has 22 heavy (non-hydrogen) atoms. The summed E-state index contributed by atoms with van der Waals surface area (Å²) < 4.78 is 31.9. The maximum Gasteiger partial charge on any atom is 0.240 e. The minimum Gasteiger partial charge on any atom is -0.503 e. The molecule has 0 aliphatic carbocycles. The van der Waals surface area contributed by atoms with Gasteiger partial charge in [0.1, 0.15) is 0 Å². The Hall–Kier alpha value is -0.920. The van der Waals surface area contributed by atoms with E-state index in [9.17, 15) is 13.9 Å². The third-order valence-corrected chi connectivity index (χ3v) is 4.33. The second kappa shape index (κ2) is 8.08. The van der Waals surface area contributed by atoms with Crippen LogP contribution in [0.5, 0.6) is 11.5 Å². The third-order valence-electron chi connectivity index (χ3n) is 3.73. The number of aromatic hydroxyl groups is 1. The minimum atomic E-state index is -2.39. The summed E-state index contributed by atoms with van der Waals surface area (Å²) in [4.78, 5) is 2.05. The quantitative estimate of drug-likeness (QED) is 0.797. The Bertz CT molecular complexity index is 497. The lowest BCUT2D eigenvalue weighted by Gasteiger charge is -2.35. The van der Waals surface area contributed by atoms with Gasteiger partial charge < -0.3 is 15.2 Å². The first kappa shape index (κ1) is 17.4. The first-order valence-electron chi connectivity index (χ1n) is 7.41. The highest BCUT2D eigenvalue weighted by molar-refractivity contribution is 9.10. The normalized spacial score (nSPS) is 17.7. The fraction of sp³-hybridized carbons (Fsp3) is 0.600. The van der Waals surface area contributed by atoms with Crippen LogP contribution in [0.4, 0.5) is 8.78 Å². The smallest absolute Gasteiger partial charge is 0.240 e. The van der Waals surface area contributed by atoms with Crippen molar-refractivity contribution < 1.29 is 18.6 Å². The highest BCUT2D eigenvalue weighted by Crippen LogP contribution is 2.39. The summed E-state index contributed by atoms with van der Waals surface area (Å²) in [7, 11) is 0. The van der Waals surface area contributed by atoms with Crippen LogP contribution in [-0.4, -0.2) is 49.2 Å². The first-order chi connectivity index (χ1) is 10.5. The summed E-state index contributed by atoms with van der Waals surface area (Å²) in [5, 5.41) is 13.2. The Morgan fingerprint density at radius 2 is 2.05 bits per heavy atom. The molecule has 1 fully saturated rings. The van der Waals surface area contributed by atoms with Crippen molar-refractivity contribution in [3.05, 3.63) is 22.2 Å². The molecular weight excluding hydrogens is 358 g/mol. The molecule has 0 unspecified atom stereocenters. The second-order valence-corrected chi connectivity index (χ2v) is 6.07. The maximum absolute atomic E-state index is 13.0. The van der Waals surface area contributed by atoms with Gasteiger partial charge in [0, 0.05) is 38.6 Å². The number of phenolic OH excluding ortho intramolecular Hbond substituents is 1. The van der Waals surface area contributed by atoms with Crippen LogP contribution in [0.3, 0.4) is 0 Å². The molecule has 1 saturated heterocycles. The van der Waals surface area contributed by atoms with Gasteiger partial charge in [0.15, 0.2) is 11.5 Å². The molecule has 1 heterocycles. The summed E-state index contributed by atoms with van der Waals surface area (Å²) in [5.74, 6) is 0.322. The lowest BCUT2D eigenvalue weighted by Crippen LogP contribution is -2.45. The zero-order chi connectivity index (χ0) is 16.1. The van der Waals surface area contributed by atoms with Crippen LogP contribution in [0.2, 0.25) is 0 Å². The number of ether oxygens (including phenoxy) is 1. The number of hydrogen-bond acceptors (Lipinski definition) is 4. The Kier molecular flexibility index (Phi) is 6.40. The number of halogens is 3. The molecule has 7 heteroatoms. The second-order valence-electron chi connectivity index (χ2n) is 5.21. The maximum atomic E-state index is 13.0. The van der Waals surface area contributed by atoms with Crippen molar-refractivity contribution in [2.75, 3.05) is 32.8 Å². The van der Waals surface area contributed by atoms with Crippen LogP contribution in [-0.2, 0) is 0 Å². The highest BCUT2D eigenvalue weighted by Gasteiger charge is 2.27. The Balaban J connectivity index is 2.33. The van der Waals surface area contributed by atoms with Gasteiger partial charge in [-0.05, 0) is 40.5 Å². The predicted octanol–water partition coefficient (Wildman–Crippen LogP) is 3.15. The highest BCUT2D eigenvalue weighted by atomic mass is 79.9. The molecule has 0 amide bonds. The van der Waals surface area contributed by atoms with Crippen molar-refractivity contribution in [3.8, 4) is 11.5 Å². The monoisotopic (exact) mass is 378 g/mol. The average Bonchev–Trinajstić information content (AvgIpc) is 2.50. The Morgan fingerprint density at radius 3 is 2.64 bits per heavy atom. The van der Waals surface area contributed by atoms with E-state index in [0.717, 1.165) is 31.7 Å². The zero-order valence-corrected chi connectivity index (χ0v) is 14.1. The Labute approximate surface area is 137 Å². The molecule has 1 aromatic carbocycles. The van der Waals surface area contributed by atoms with Gasteiger partial charge in [-0.3, -0.25) is 4.90 Å². The topological polar surface area (TPSA) is 44.7 Å². The summed E-state index contributed by atoms with van der Waals surface area (Å²) in [6.07, 6.45) is -2.62. The van der Waals surface area contributed by atoms with Crippen LogP contribution >= 0.6 is 15.9 Å². The van der Waals surface area contributed by atoms with Gasteiger partial charge >= 0.3 is 0 Å². The molecule has 0 spiro atoms. The van der Waals surface area contributed by atoms with Gasteiger partial charge in [-0.2, -0.15) is 0 Å². The number of nitrogens with one attached hydrogen (secondary N) is 1. The van der Waals surface area contributed by atoms with Gasteiger partial charge in [-0.25, -0.2) is 8.78 Å². The number of hydrogen-bond donors (Lipinski definition) is 2. The molecule has 1 aliphatic rings. The van der Waals surface area contributed by atoms with E-state index in [1.54, 1.807) is 12.1 Å². The molecule has 0 aromatic heterocycles. The first-order valence-corrected chi connectivity index (χ1v) is 8.20. The molecule has 1 atom stereocenters. The molecule has 2 N–H and O–H groups in total. The number of phenols is 1. The van der Waals surface area contributed by atoms with E-state index < -0.39 is 12.5 Å². The summed E-state index contributed by atoms with van der Waals surface area (Å²) in [6, 6.07) is 2.98. The summed E-state index contributed by atoms with van der Waals surface area (Å²) in [6.45, 7) is 5.23. The summed E-state index contributed by atoms with van der Waals surface area (Å²) in [5.41, 5.74) is 0.732. The number of rotatable bonds is 6. The van der Waals surface area contributed by atoms with Gasteiger partial charge in [0.05, 0.1) is 11.1 Å². The minimum absolute atomic E-state index is 0.00158. The molecule has 4 nitrogen and oxygen atoms in total. The molecule has 0 radical (unpaired) electrons. The predicted molar refractivity (Wildman–Crippen MR) is 84.8 cm³/mol. The number of alkyl halides is 2. The van der Waals surface area contributed by atoms with Crippen molar-refractivity contribution in [2.24, 2.45) is 0 Å². The lowest BCUT2D eigenvalue weighted by atomic mass is 10.0. The van der Waals surface area contributed by atoms with Gasteiger partial charge in [-0.15, -0.1) is 0 Å². The van der Waals surface area contributed by atoms with Crippen LogP contribution < -0.4 is 10.1 Å². The van der Waals surface area contributed by atoms with E-state index in [4.69, 9.17) is 4.74 Å². The molecule has 0 bridgehead atoms. The van der Waals surface area contributed by atoms with E-state index in [1.165, 1.54) is 0 Å². The average molecular weight is 379 g/mol. The third kappa shape index (κ3) is 4.30. The fourth-order valence-electron chi connectivity index (χ4n) is 2.71. The molecule has 124 valence electrons. The van der Waals surface area contributed by atoms with Crippen molar-refractivity contribution in [1.29, 1.82) is 0 Å². The Morgan fingerprint density at radius 1 is 1.36 bits per heavy atom. The van der Waals surface area contributed by atoms with E-state index in [1.807, 2.05) is 6.92 Å². The lowest BCUT2D eigenvalue weighted by molar-refractivity contribution is 0.0737. The summed E-state index contributed by atoms with van der Waals surface area (Å²) >= 11 is 3.28. The number of piperazine rings is 1. The van der Waals surface area contributed by atoms with E-state index in [2.05, 4.69) is 26.1 Å². The van der Waals surface area contributed by atoms with Gasteiger partial charge in [0.2, 0.25) is 6.43 Å². The molecule has 2 rings (SSSR count). The van der Waals surface area contributed by atoms with Crippen molar-refractivity contribution in [2.45, 2.75) is 25.8 Å². The van der Waals surface area contributed by atoms with Crippen LogP contribution in [0, 0.1) is 0 Å².